The van der Waals surface area contributed by atoms with E-state index >= 15 is 0 Å². The van der Waals surface area contributed by atoms with Crippen LogP contribution in [0.1, 0.15) is 10.4 Å². The third kappa shape index (κ3) is 3.27. The smallest absolute Gasteiger partial charge is 0.255 e. The molecule has 0 heterocycles. The van der Waals surface area contributed by atoms with E-state index in [9.17, 15) is 9.18 Å². The molecule has 1 N–H and O–H groups in total. The summed E-state index contributed by atoms with van der Waals surface area (Å²) in [6.45, 7) is 0. The highest BCUT2D eigenvalue weighted by Gasteiger charge is 2.08. The number of hydrogen-bond donors (Lipinski definition) is 1. The Morgan fingerprint density at radius 2 is 1.80 bits per heavy atom. The van der Waals surface area contributed by atoms with Crippen molar-refractivity contribution in [1.82, 2.24) is 0 Å². The van der Waals surface area contributed by atoms with Gasteiger partial charge in [-0.25, -0.2) is 4.39 Å². The maximum atomic E-state index is 12.8. The van der Waals surface area contributed by atoms with Gasteiger partial charge in [0.05, 0.1) is 10.7 Å². The number of nitrogens with one attached hydrogen (secondary N) is 1. The molecule has 0 unspecified atom stereocenters. The Morgan fingerprint density at radius 3 is 2.35 bits per heavy atom. The number of carbonyl (C=O) groups is 1. The Bertz CT molecular complexity index is 626. The van der Waals surface area contributed by atoms with Gasteiger partial charge in [0, 0.05) is 25.3 Å². The molecule has 104 valence electrons. The number of benzene rings is 2. The first-order valence-corrected chi connectivity index (χ1v) is 6.39. The van der Waals surface area contributed by atoms with Crippen LogP contribution in [0.3, 0.4) is 0 Å². The van der Waals surface area contributed by atoms with Gasteiger partial charge >= 0.3 is 0 Å². The molecule has 2 aromatic carbocycles. The molecular formula is C15H14ClFN2O. The summed E-state index contributed by atoms with van der Waals surface area (Å²) in [6.07, 6.45) is 0. The number of rotatable bonds is 3. The van der Waals surface area contributed by atoms with E-state index in [1.54, 1.807) is 12.1 Å². The Morgan fingerprint density at radius 1 is 1.15 bits per heavy atom. The third-order valence-corrected chi connectivity index (χ3v) is 3.10. The largest absolute Gasteiger partial charge is 0.376 e. The van der Waals surface area contributed by atoms with Gasteiger partial charge in [-0.15, -0.1) is 0 Å². The molecule has 0 aliphatic rings. The average molecular weight is 293 g/mol. The van der Waals surface area contributed by atoms with E-state index in [1.165, 1.54) is 24.3 Å². The normalized spacial score (nSPS) is 10.2. The highest BCUT2D eigenvalue weighted by atomic mass is 35.5. The van der Waals surface area contributed by atoms with Crippen LogP contribution in [0.4, 0.5) is 15.8 Å². The maximum absolute atomic E-state index is 12.8. The molecular weight excluding hydrogens is 279 g/mol. The number of carbonyl (C=O) groups excluding carboxylic acids is 1. The van der Waals surface area contributed by atoms with Gasteiger partial charge in [-0.1, -0.05) is 11.6 Å². The fourth-order valence-electron chi connectivity index (χ4n) is 1.75. The van der Waals surface area contributed by atoms with Crippen LogP contribution in [0.5, 0.6) is 0 Å². The molecule has 0 fully saturated rings. The molecule has 0 radical (unpaired) electrons. The van der Waals surface area contributed by atoms with Gasteiger partial charge in [-0.2, -0.15) is 0 Å². The van der Waals surface area contributed by atoms with Crippen LogP contribution in [0.2, 0.25) is 5.02 Å². The molecule has 0 saturated carbocycles. The Kier molecular flexibility index (Phi) is 4.25. The zero-order chi connectivity index (χ0) is 14.7. The van der Waals surface area contributed by atoms with Crippen LogP contribution in [0.25, 0.3) is 0 Å². The fourth-order valence-corrected chi connectivity index (χ4v) is 2.10. The monoisotopic (exact) mass is 292 g/mol. The summed E-state index contributed by atoms with van der Waals surface area (Å²) < 4.78 is 12.8. The van der Waals surface area contributed by atoms with Crippen molar-refractivity contribution in [3.63, 3.8) is 0 Å². The highest BCUT2D eigenvalue weighted by molar-refractivity contribution is 6.33. The summed E-state index contributed by atoms with van der Waals surface area (Å²) in [6, 6.07) is 10.6. The summed E-state index contributed by atoms with van der Waals surface area (Å²) >= 11 is 6.13. The molecule has 0 spiro atoms. The van der Waals surface area contributed by atoms with E-state index in [0.29, 0.717) is 16.3 Å². The predicted molar refractivity (Wildman–Crippen MR) is 80.1 cm³/mol. The van der Waals surface area contributed by atoms with E-state index in [1.807, 2.05) is 25.1 Å². The summed E-state index contributed by atoms with van der Waals surface area (Å²) in [4.78, 5) is 13.9. The minimum atomic E-state index is -0.375. The standard InChI is InChI=1S/C15H14ClFN2O/c1-19(2)14-8-7-12(9-13(14)16)18-15(20)10-3-5-11(17)6-4-10/h3-9H,1-2H3,(H,18,20). The highest BCUT2D eigenvalue weighted by Crippen LogP contribution is 2.27. The Labute approximate surface area is 122 Å². The number of amides is 1. The quantitative estimate of drug-likeness (QED) is 0.933. The average Bonchev–Trinajstić information content (AvgIpc) is 2.39. The summed E-state index contributed by atoms with van der Waals surface area (Å²) in [5.74, 6) is -0.682. The van der Waals surface area contributed by atoms with Crippen molar-refractivity contribution in [2.45, 2.75) is 0 Å². The molecule has 0 aliphatic carbocycles. The lowest BCUT2D eigenvalue weighted by Crippen LogP contribution is -2.13. The van der Waals surface area contributed by atoms with Crippen molar-refractivity contribution in [2.75, 3.05) is 24.3 Å². The van der Waals surface area contributed by atoms with Gasteiger partial charge in [-0.3, -0.25) is 4.79 Å². The van der Waals surface area contributed by atoms with Gasteiger partial charge < -0.3 is 10.2 Å². The zero-order valence-electron chi connectivity index (χ0n) is 11.2. The van der Waals surface area contributed by atoms with Crippen LogP contribution in [-0.4, -0.2) is 20.0 Å². The van der Waals surface area contributed by atoms with E-state index in [-0.39, 0.29) is 11.7 Å². The lowest BCUT2D eigenvalue weighted by Gasteiger charge is -2.15. The minimum absolute atomic E-state index is 0.307. The van der Waals surface area contributed by atoms with Gasteiger partial charge in [0.2, 0.25) is 0 Å². The molecule has 3 nitrogen and oxygen atoms in total. The van der Waals surface area contributed by atoms with Crippen LogP contribution < -0.4 is 10.2 Å². The summed E-state index contributed by atoms with van der Waals surface area (Å²) in [7, 11) is 3.77. The predicted octanol–water partition coefficient (Wildman–Crippen LogP) is 3.80. The zero-order valence-corrected chi connectivity index (χ0v) is 11.9. The fraction of sp³-hybridized carbons (Fsp3) is 0.133. The number of hydrogen-bond acceptors (Lipinski definition) is 2. The van der Waals surface area contributed by atoms with Gasteiger partial charge in [0.1, 0.15) is 5.82 Å². The van der Waals surface area contributed by atoms with Crippen LogP contribution in [-0.2, 0) is 0 Å². The molecule has 0 aliphatic heterocycles. The van der Waals surface area contributed by atoms with Crippen LogP contribution >= 0.6 is 11.6 Å². The molecule has 1 amide bonds. The second kappa shape index (κ2) is 5.92. The summed E-state index contributed by atoms with van der Waals surface area (Å²) in [5, 5.41) is 3.27. The topological polar surface area (TPSA) is 32.3 Å². The van der Waals surface area contributed by atoms with E-state index < -0.39 is 0 Å². The lowest BCUT2D eigenvalue weighted by molar-refractivity contribution is 0.102. The van der Waals surface area contributed by atoms with Gasteiger partial charge in [0.15, 0.2) is 0 Å². The molecule has 2 aromatic rings. The lowest BCUT2D eigenvalue weighted by atomic mass is 10.2. The van der Waals surface area contributed by atoms with Crippen molar-refractivity contribution in [2.24, 2.45) is 0 Å². The van der Waals surface area contributed by atoms with Crippen molar-refractivity contribution in [3.05, 3.63) is 58.9 Å². The molecule has 0 bridgehead atoms. The van der Waals surface area contributed by atoms with Gasteiger partial charge in [-0.05, 0) is 42.5 Å². The minimum Gasteiger partial charge on any atom is -0.376 e. The Balaban J connectivity index is 2.16. The second-order valence-corrected chi connectivity index (χ2v) is 4.93. The number of halogens is 2. The first kappa shape index (κ1) is 14.3. The molecule has 2 rings (SSSR count). The van der Waals surface area contributed by atoms with Crippen molar-refractivity contribution in [1.29, 1.82) is 0 Å². The van der Waals surface area contributed by atoms with Gasteiger partial charge in [0.25, 0.3) is 5.91 Å². The first-order valence-electron chi connectivity index (χ1n) is 6.01. The first-order chi connectivity index (χ1) is 9.47. The molecule has 0 atom stereocenters. The van der Waals surface area contributed by atoms with Crippen LogP contribution in [0, 0.1) is 5.82 Å². The number of anilines is 2. The number of nitrogens with zero attached hydrogens (tertiary/aromatic N) is 1. The third-order valence-electron chi connectivity index (χ3n) is 2.79. The van der Waals surface area contributed by atoms with Crippen molar-refractivity contribution in [3.8, 4) is 0 Å². The van der Waals surface area contributed by atoms with Crippen molar-refractivity contribution < 1.29 is 9.18 Å². The van der Waals surface area contributed by atoms with E-state index in [4.69, 9.17) is 11.6 Å². The van der Waals surface area contributed by atoms with Crippen molar-refractivity contribution >= 4 is 28.9 Å². The maximum Gasteiger partial charge on any atom is 0.255 e. The molecule has 20 heavy (non-hydrogen) atoms. The molecule has 0 saturated heterocycles. The van der Waals surface area contributed by atoms with E-state index in [0.717, 1.165) is 5.69 Å². The molecule has 0 aromatic heterocycles. The van der Waals surface area contributed by atoms with Crippen LogP contribution in [0.15, 0.2) is 42.5 Å². The second-order valence-electron chi connectivity index (χ2n) is 4.52. The van der Waals surface area contributed by atoms with E-state index in [2.05, 4.69) is 5.32 Å². The summed E-state index contributed by atoms with van der Waals surface area (Å²) in [5.41, 5.74) is 1.85. The SMILES string of the molecule is CN(C)c1ccc(NC(=O)c2ccc(F)cc2)cc1Cl. The Hall–Kier alpha value is -2.07. The molecule has 5 heteroatoms.